The molecule has 4 aliphatic carbocycles. The smallest absolute Gasteiger partial charge is 0.178 e. The largest absolute Gasteiger partial charge is 0.300 e. The highest BCUT2D eigenvalue weighted by Crippen LogP contribution is 2.65. The number of ketones is 2. The van der Waals surface area contributed by atoms with Crippen LogP contribution in [0.15, 0.2) is 34.9 Å². The van der Waals surface area contributed by atoms with E-state index in [1.807, 2.05) is 0 Å². The Bertz CT molecular complexity index is 715. The zero-order valence-corrected chi connectivity index (χ0v) is 15.4. The van der Waals surface area contributed by atoms with Crippen LogP contribution in [-0.4, -0.2) is 11.6 Å². The molecule has 0 bridgehead atoms. The van der Waals surface area contributed by atoms with Crippen LogP contribution in [0.25, 0.3) is 0 Å². The van der Waals surface area contributed by atoms with Gasteiger partial charge in [0.1, 0.15) is 5.78 Å². The van der Waals surface area contributed by atoms with Gasteiger partial charge in [0.25, 0.3) is 0 Å². The van der Waals surface area contributed by atoms with Gasteiger partial charge in [0.05, 0.1) is 0 Å². The Morgan fingerprint density at radius 2 is 1.96 bits per heavy atom. The van der Waals surface area contributed by atoms with E-state index < -0.39 is 0 Å². The minimum absolute atomic E-state index is 0.0330. The Labute approximate surface area is 149 Å². The first-order valence-corrected chi connectivity index (χ1v) is 9.48. The van der Waals surface area contributed by atoms with Gasteiger partial charge in [-0.15, -0.1) is 0 Å². The van der Waals surface area contributed by atoms with E-state index in [0.29, 0.717) is 23.5 Å². The maximum Gasteiger partial charge on any atom is 0.178 e. The van der Waals surface area contributed by atoms with E-state index in [-0.39, 0.29) is 22.5 Å². The monoisotopic (exact) mass is 344 g/mol. The van der Waals surface area contributed by atoms with Crippen molar-refractivity contribution in [2.75, 3.05) is 0 Å². The maximum absolute atomic E-state index is 12.2. The average molecular weight is 345 g/mol. The molecule has 0 aliphatic heterocycles. The summed E-state index contributed by atoms with van der Waals surface area (Å²) in [7, 11) is 0. The van der Waals surface area contributed by atoms with E-state index in [9.17, 15) is 9.59 Å². The Morgan fingerprint density at radius 3 is 2.67 bits per heavy atom. The van der Waals surface area contributed by atoms with Crippen LogP contribution in [0.5, 0.6) is 0 Å². The zero-order valence-electron chi connectivity index (χ0n) is 14.6. The first-order chi connectivity index (χ1) is 11.3. The van der Waals surface area contributed by atoms with E-state index in [2.05, 4.69) is 26.0 Å². The molecule has 4 rings (SSSR count). The molecule has 0 aromatic carbocycles. The lowest BCUT2D eigenvalue weighted by atomic mass is 9.49. The van der Waals surface area contributed by atoms with Crippen molar-refractivity contribution in [2.24, 2.45) is 34.5 Å². The number of allylic oxidation sites excluding steroid dienone is 6. The van der Waals surface area contributed by atoms with E-state index in [4.69, 9.17) is 11.6 Å². The SMILES string of the molecule is CC(=O)[C@H]1CCC2C3C=C(Cl)C4=CC(=O)C=C[C@@]4(C)[C@@H]3CC[C@@]21C. The number of hydrogen-bond acceptors (Lipinski definition) is 2. The maximum atomic E-state index is 12.2. The molecule has 128 valence electrons. The third kappa shape index (κ3) is 2.02. The van der Waals surface area contributed by atoms with Crippen molar-refractivity contribution < 1.29 is 9.59 Å². The summed E-state index contributed by atoms with van der Waals surface area (Å²) in [4.78, 5) is 24.0. The van der Waals surface area contributed by atoms with Gasteiger partial charge >= 0.3 is 0 Å². The van der Waals surface area contributed by atoms with Gasteiger partial charge < -0.3 is 0 Å². The summed E-state index contributed by atoms with van der Waals surface area (Å²) < 4.78 is 0. The van der Waals surface area contributed by atoms with Crippen molar-refractivity contribution >= 4 is 23.2 Å². The lowest BCUT2D eigenvalue weighted by Crippen LogP contribution is -2.49. The summed E-state index contributed by atoms with van der Waals surface area (Å²) >= 11 is 6.64. The minimum atomic E-state index is -0.153. The molecule has 2 saturated carbocycles. The van der Waals surface area contributed by atoms with Crippen LogP contribution < -0.4 is 0 Å². The first-order valence-electron chi connectivity index (χ1n) is 9.11. The predicted molar refractivity (Wildman–Crippen MR) is 95.5 cm³/mol. The Hall–Kier alpha value is -1.15. The number of hydrogen-bond donors (Lipinski definition) is 0. The Morgan fingerprint density at radius 1 is 1.21 bits per heavy atom. The Kier molecular flexibility index (Phi) is 3.52. The van der Waals surface area contributed by atoms with E-state index >= 15 is 0 Å². The third-order valence-corrected chi connectivity index (χ3v) is 7.98. The lowest BCUT2D eigenvalue weighted by molar-refractivity contribution is -0.126. The second-order valence-electron chi connectivity index (χ2n) is 8.67. The molecule has 24 heavy (non-hydrogen) atoms. The second kappa shape index (κ2) is 5.17. The van der Waals surface area contributed by atoms with Crippen LogP contribution in [0.3, 0.4) is 0 Å². The number of carbonyl (C=O) groups is 2. The summed E-state index contributed by atoms with van der Waals surface area (Å²) in [6.45, 7) is 6.31. The lowest BCUT2D eigenvalue weighted by Gasteiger charge is -2.55. The van der Waals surface area contributed by atoms with Gasteiger partial charge in [-0.25, -0.2) is 0 Å². The molecule has 0 saturated heterocycles. The van der Waals surface area contributed by atoms with Gasteiger partial charge in [0.15, 0.2) is 5.78 Å². The topological polar surface area (TPSA) is 34.1 Å². The van der Waals surface area contributed by atoms with Gasteiger partial charge in [0.2, 0.25) is 0 Å². The molecule has 2 unspecified atom stereocenters. The molecule has 0 N–H and O–H groups in total. The van der Waals surface area contributed by atoms with Crippen molar-refractivity contribution in [2.45, 2.75) is 46.5 Å². The van der Waals surface area contributed by atoms with E-state index in [1.165, 1.54) is 0 Å². The summed E-state index contributed by atoms with van der Waals surface area (Å²) in [6, 6.07) is 0. The van der Waals surface area contributed by atoms with Crippen LogP contribution in [-0.2, 0) is 9.59 Å². The van der Waals surface area contributed by atoms with Crippen molar-refractivity contribution in [1.29, 1.82) is 0 Å². The van der Waals surface area contributed by atoms with Crippen LogP contribution in [0, 0.1) is 34.5 Å². The normalized spacial score (nSPS) is 46.6. The minimum Gasteiger partial charge on any atom is -0.300 e. The van der Waals surface area contributed by atoms with Gasteiger partial charge in [-0.2, -0.15) is 0 Å². The number of rotatable bonds is 1. The highest BCUT2D eigenvalue weighted by atomic mass is 35.5. The molecule has 4 aliphatic rings. The Balaban J connectivity index is 1.79. The molecule has 3 heteroatoms. The van der Waals surface area contributed by atoms with Gasteiger partial charge in [-0.1, -0.05) is 37.6 Å². The number of fused-ring (bicyclic) bond motifs is 5. The summed E-state index contributed by atoms with van der Waals surface area (Å²) in [6.07, 6.45) is 12.0. The van der Waals surface area contributed by atoms with Crippen molar-refractivity contribution in [3.05, 3.63) is 34.9 Å². The molecule has 0 aromatic rings. The number of halogens is 1. The van der Waals surface area contributed by atoms with Gasteiger partial charge in [0, 0.05) is 16.4 Å². The number of Topliss-reactive ketones (excluding diaryl/α,β-unsaturated/α-hetero) is 1. The fourth-order valence-corrected chi connectivity index (χ4v) is 6.80. The van der Waals surface area contributed by atoms with Crippen LogP contribution in [0.4, 0.5) is 0 Å². The average Bonchev–Trinajstić information content (AvgIpc) is 2.87. The van der Waals surface area contributed by atoms with Crippen molar-refractivity contribution in [1.82, 2.24) is 0 Å². The fraction of sp³-hybridized carbons (Fsp3) is 0.619. The molecule has 6 atom stereocenters. The highest BCUT2D eigenvalue weighted by Gasteiger charge is 2.59. The molecular weight excluding hydrogens is 320 g/mol. The molecule has 2 nitrogen and oxygen atoms in total. The zero-order chi connectivity index (χ0) is 17.3. The van der Waals surface area contributed by atoms with Crippen LogP contribution in [0.2, 0.25) is 0 Å². The molecule has 0 radical (unpaired) electrons. The van der Waals surface area contributed by atoms with Crippen LogP contribution >= 0.6 is 11.6 Å². The second-order valence-corrected chi connectivity index (χ2v) is 9.07. The van der Waals surface area contributed by atoms with E-state index in [1.54, 1.807) is 19.1 Å². The molecule has 0 heterocycles. The quantitative estimate of drug-likeness (QED) is 0.682. The standard InChI is InChI=1S/C21H25ClO2/c1-12(23)15-4-5-16-14-11-19(22)18-10-13(24)6-8-21(18,3)17(14)7-9-20(15,16)2/h6,8,10-11,14-17H,4-5,7,9H2,1-3H3/t14?,15-,16?,17-,20-,21+/m1/s1. The van der Waals surface area contributed by atoms with Gasteiger partial charge in [-0.05, 0) is 73.5 Å². The molecule has 0 aromatic heterocycles. The molecule has 0 amide bonds. The van der Waals surface area contributed by atoms with Crippen molar-refractivity contribution in [3.8, 4) is 0 Å². The van der Waals surface area contributed by atoms with Crippen molar-refractivity contribution in [3.63, 3.8) is 0 Å². The molecule has 0 spiro atoms. The molecule has 2 fully saturated rings. The fourth-order valence-electron chi connectivity index (χ4n) is 6.39. The molecular formula is C21H25ClO2. The van der Waals surface area contributed by atoms with Gasteiger partial charge in [-0.3, -0.25) is 9.59 Å². The summed E-state index contributed by atoms with van der Waals surface area (Å²) in [5, 5.41) is 0.743. The summed E-state index contributed by atoms with van der Waals surface area (Å²) in [5.74, 6) is 1.97. The highest BCUT2D eigenvalue weighted by molar-refractivity contribution is 6.32. The van der Waals surface area contributed by atoms with Crippen LogP contribution in [0.1, 0.15) is 46.5 Å². The predicted octanol–water partition coefficient (Wildman–Crippen LogP) is 4.84. The third-order valence-electron chi connectivity index (χ3n) is 7.65. The summed E-state index contributed by atoms with van der Waals surface area (Å²) in [5.41, 5.74) is 0.939. The van der Waals surface area contributed by atoms with E-state index in [0.717, 1.165) is 36.3 Å². The number of carbonyl (C=O) groups excluding carboxylic acids is 2. The first kappa shape index (κ1) is 16.3.